The lowest BCUT2D eigenvalue weighted by Crippen LogP contribution is -2.35. The Morgan fingerprint density at radius 1 is 1.29 bits per heavy atom. The molecular weight excluding hydrogens is 292 g/mol. The van der Waals surface area contributed by atoms with Crippen LogP contribution in [-0.2, 0) is 10.0 Å². The summed E-state index contributed by atoms with van der Waals surface area (Å²) in [6.07, 6.45) is -0.109. The lowest BCUT2D eigenvalue weighted by atomic mass is 10.1. The normalized spacial score (nSPS) is 13.3. The molecule has 1 aromatic carbocycles. The van der Waals surface area contributed by atoms with Gasteiger partial charge in [-0.2, -0.15) is 0 Å². The van der Waals surface area contributed by atoms with Gasteiger partial charge in [0.05, 0.1) is 11.9 Å². The number of nitrogens with one attached hydrogen (secondary N) is 1. The molecule has 1 rings (SSSR count). The Hall–Kier alpha value is -1.31. The molecule has 1 atom stereocenters. The van der Waals surface area contributed by atoms with Crippen molar-refractivity contribution in [1.29, 1.82) is 0 Å². The largest absolute Gasteiger partial charge is 0.492 e. The van der Waals surface area contributed by atoms with Gasteiger partial charge in [-0.3, -0.25) is 0 Å². The van der Waals surface area contributed by atoms with Gasteiger partial charge in [-0.15, -0.1) is 0 Å². The molecule has 0 heterocycles. The summed E-state index contributed by atoms with van der Waals surface area (Å²) in [5, 5.41) is 9.64. The Kier molecular flexibility index (Phi) is 6.94. The van der Waals surface area contributed by atoms with Gasteiger partial charge in [0.25, 0.3) is 0 Å². The van der Waals surface area contributed by atoms with Crippen molar-refractivity contribution >= 4 is 15.7 Å². The zero-order chi connectivity index (χ0) is 15.9. The van der Waals surface area contributed by atoms with E-state index in [1.165, 1.54) is 0 Å². The topological polar surface area (TPSA) is 102 Å². The summed E-state index contributed by atoms with van der Waals surface area (Å²) in [5.41, 5.74) is 6.16. The highest BCUT2D eigenvalue weighted by Gasteiger charge is 2.14. The average molecular weight is 316 g/mol. The Labute approximate surface area is 126 Å². The third-order valence-electron chi connectivity index (χ3n) is 2.78. The first-order valence-electron chi connectivity index (χ1n) is 6.92. The maximum Gasteiger partial charge on any atom is 0.215 e. The minimum atomic E-state index is -3.45. The highest BCUT2D eigenvalue weighted by molar-refractivity contribution is 7.89. The van der Waals surface area contributed by atoms with E-state index in [4.69, 9.17) is 10.5 Å². The molecule has 0 bridgehead atoms. The van der Waals surface area contributed by atoms with Crippen LogP contribution in [0.25, 0.3) is 0 Å². The SMILES string of the molecule is CC(C)CC(O)CNS(=O)(=O)CCOc1ccc(N)cc1. The van der Waals surface area contributed by atoms with Crippen LogP contribution in [0.1, 0.15) is 20.3 Å². The van der Waals surface area contributed by atoms with Crippen molar-refractivity contribution in [2.45, 2.75) is 26.4 Å². The Morgan fingerprint density at radius 2 is 1.90 bits per heavy atom. The van der Waals surface area contributed by atoms with Crippen LogP contribution in [0.15, 0.2) is 24.3 Å². The molecule has 0 aliphatic carbocycles. The number of ether oxygens (including phenoxy) is 1. The third kappa shape index (κ3) is 7.89. The number of nitrogens with two attached hydrogens (primary N) is 1. The molecule has 0 radical (unpaired) electrons. The molecule has 4 N–H and O–H groups in total. The second kappa shape index (κ2) is 8.21. The van der Waals surface area contributed by atoms with E-state index in [0.29, 0.717) is 23.8 Å². The highest BCUT2D eigenvalue weighted by atomic mass is 32.2. The van der Waals surface area contributed by atoms with Crippen molar-refractivity contribution in [2.24, 2.45) is 5.92 Å². The predicted octanol–water partition coefficient (Wildman–Crippen LogP) is 0.974. The molecule has 0 aromatic heterocycles. The van der Waals surface area contributed by atoms with E-state index in [0.717, 1.165) is 0 Å². The number of benzene rings is 1. The van der Waals surface area contributed by atoms with Crippen LogP contribution in [0.2, 0.25) is 0 Å². The summed E-state index contributed by atoms with van der Waals surface area (Å²) < 4.78 is 31.2. The van der Waals surface area contributed by atoms with Crippen LogP contribution in [0.3, 0.4) is 0 Å². The smallest absolute Gasteiger partial charge is 0.215 e. The number of anilines is 1. The lowest BCUT2D eigenvalue weighted by molar-refractivity contribution is 0.152. The fourth-order valence-electron chi connectivity index (χ4n) is 1.76. The molecule has 120 valence electrons. The molecule has 1 unspecified atom stereocenters. The molecule has 0 aliphatic rings. The van der Waals surface area contributed by atoms with Gasteiger partial charge in [-0.1, -0.05) is 13.8 Å². The molecule has 7 heteroatoms. The minimum absolute atomic E-state index is 0.0301. The Bertz CT molecular complexity index is 514. The fourth-order valence-corrected chi connectivity index (χ4v) is 2.65. The molecule has 6 nitrogen and oxygen atoms in total. The van der Waals surface area contributed by atoms with Crippen LogP contribution in [0.4, 0.5) is 5.69 Å². The van der Waals surface area contributed by atoms with Crippen LogP contribution in [0.5, 0.6) is 5.75 Å². The highest BCUT2D eigenvalue weighted by Crippen LogP contribution is 2.12. The van der Waals surface area contributed by atoms with Gasteiger partial charge in [-0.25, -0.2) is 13.1 Å². The van der Waals surface area contributed by atoms with Crippen molar-refractivity contribution in [3.63, 3.8) is 0 Å². The van der Waals surface area contributed by atoms with Crippen LogP contribution < -0.4 is 15.2 Å². The van der Waals surface area contributed by atoms with Gasteiger partial charge in [-0.05, 0) is 36.6 Å². The van der Waals surface area contributed by atoms with E-state index in [9.17, 15) is 13.5 Å². The summed E-state index contributed by atoms with van der Waals surface area (Å²) in [5.74, 6) is 0.726. The summed E-state index contributed by atoms with van der Waals surface area (Å²) in [6, 6.07) is 6.73. The van der Waals surface area contributed by atoms with Gasteiger partial charge >= 0.3 is 0 Å². The standard InChI is InChI=1S/C14H24N2O4S/c1-11(2)9-13(17)10-16-21(18,19)8-7-20-14-5-3-12(15)4-6-14/h3-6,11,13,16-17H,7-10,15H2,1-2H3. The number of hydrogen-bond acceptors (Lipinski definition) is 5. The summed E-state index contributed by atoms with van der Waals surface area (Å²) in [6.45, 7) is 4.01. The Balaban J connectivity index is 2.31. The second-order valence-electron chi connectivity index (χ2n) is 5.37. The zero-order valence-electron chi connectivity index (χ0n) is 12.5. The second-order valence-corrected chi connectivity index (χ2v) is 7.29. The molecule has 0 spiro atoms. The summed E-state index contributed by atoms with van der Waals surface area (Å²) in [7, 11) is -3.45. The van der Waals surface area contributed by atoms with E-state index < -0.39 is 16.1 Å². The minimum Gasteiger partial charge on any atom is -0.492 e. The van der Waals surface area contributed by atoms with Crippen LogP contribution in [0, 0.1) is 5.92 Å². The van der Waals surface area contributed by atoms with Gasteiger partial charge in [0, 0.05) is 12.2 Å². The molecule has 0 saturated heterocycles. The number of sulfonamides is 1. The lowest BCUT2D eigenvalue weighted by Gasteiger charge is -2.14. The van der Waals surface area contributed by atoms with Crippen molar-refractivity contribution in [3.05, 3.63) is 24.3 Å². The van der Waals surface area contributed by atoms with Gasteiger partial charge in [0.1, 0.15) is 12.4 Å². The van der Waals surface area contributed by atoms with Crippen molar-refractivity contribution in [2.75, 3.05) is 24.6 Å². The number of nitrogen functional groups attached to an aromatic ring is 1. The molecule has 0 aliphatic heterocycles. The molecular formula is C14H24N2O4S. The fraction of sp³-hybridized carbons (Fsp3) is 0.571. The first-order chi connectivity index (χ1) is 9.78. The van der Waals surface area contributed by atoms with Gasteiger partial charge < -0.3 is 15.6 Å². The van der Waals surface area contributed by atoms with E-state index in [2.05, 4.69) is 4.72 Å². The molecule has 0 amide bonds. The molecule has 0 fully saturated rings. The van der Waals surface area contributed by atoms with E-state index in [1.54, 1.807) is 24.3 Å². The number of rotatable bonds is 9. The molecule has 0 saturated carbocycles. The van der Waals surface area contributed by atoms with Crippen molar-refractivity contribution < 1.29 is 18.3 Å². The first kappa shape index (κ1) is 17.7. The van der Waals surface area contributed by atoms with E-state index in [1.807, 2.05) is 13.8 Å². The first-order valence-corrected chi connectivity index (χ1v) is 8.57. The van der Waals surface area contributed by atoms with E-state index in [-0.39, 0.29) is 18.9 Å². The summed E-state index contributed by atoms with van der Waals surface area (Å²) in [4.78, 5) is 0. The zero-order valence-corrected chi connectivity index (χ0v) is 13.3. The number of hydrogen-bond donors (Lipinski definition) is 3. The predicted molar refractivity (Wildman–Crippen MR) is 83.6 cm³/mol. The van der Waals surface area contributed by atoms with E-state index >= 15 is 0 Å². The van der Waals surface area contributed by atoms with Crippen LogP contribution in [-0.4, -0.2) is 38.5 Å². The third-order valence-corrected chi connectivity index (χ3v) is 4.09. The number of aliphatic hydroxyl groups excluding tert-OH is 1. The average Bonchev–Trinajstić information content (AvgIpc) is 2.38. The molecule has 21 heavy (non-hydrogen) atoms. The maximum atomic E-state index is 11.7. The van der Waals surface area contributed by atoms with Crippen molar-refractivity contribution in [3.8, 4) is 5.75 Å². The Morgan fingerprint density at radius 3 is 2.48 bits per heavy atom. The van der Waals surface area contributed by atoms with Crippen molar-refractivity contribution in [1.82, 2.24) is 4.72 Å². The molecule has 1 aromatic rings. The van der Waals surface area contributed by atoms with Crippen LogP contribution >= 0.6 is 0 Å². The van der Waals surface area contributed by atoms with Gasteiger partial charge in [0.2, 0.25) is 10.0 Å². The maximum absolute atomic E-state index is 11.7. The number of aliphatic hydroxyl groups is 1. The summed E-state index contributed by atoms with van der Waals surface area (Å²) >= 11 is 0. The van der Waals surface area contributed by atoms with Gasteiger partial charge in [0.15, 0.2) is 0 Å². The quantitative estimate of drug-likeness (QED) is 0.589. The monoisotopic (exact) mass is 316 g/mol.